The number of nitrogens with one attached hydrogen (secondary N) is 1. The van der Waals surface area contributed by atoms with Gasteiger partial charge in [-0.1, -0.05) is 42.0 Å². The summed E-state index contributed by atoms with van der Waals surface area (Å²) in [7, 11) is 0. The molecule has 0 amide bonds. The minimum Gasteiger partial charge on any atom is -0.379 e. The number of hydrogen-bond acceptors (Lipinski definition) is 3. The Morgan fingerprint density at radius 2 is 2.00 bits per heavy atom. The molecule has 1 heterocycles. The van der Waals surface area contributed by atoms with Gasteiger partial charge in [0.25, 0.3) is 0 Å². The van der Waals surface area contributed by atoms with Gasteiger partial charge in [0.05, 0.1) is 25.8 Å². The van der Waals surface area contributed by atoms with Gasteiger partial charge in [-0.25, -0.2) is 0 Å². The van der Waals surface area contributed by atoms with Crippen molar-refractivity contribution < 1.29 is 4.74 Å². The molecule has 1 fully saturated rings. The molecule has 5 heteroatoms. The molecule has 1 aromatic carbocycles. The highest BCUT2D eigenvalue weighted by Crippen LogP contribution is 2.22. The number of guanidine groups is 1. The molecule has 0 aromatic heterocycles. The van der Waals surface area contributed by atoms with Crippen LogP contribution in [0.2, 0.25) is 0 Å². The molecule has 3 N–H and O–H groups in total. The van der Waals surface area contributed by atoms with Crippen LogP contribution in [0.4, 0.5) is 0 Å². The van der Waals surface area contributed by atoms with Crippen molar-refractivity contribution in [1.82, 2.24) is 10.2 Å². The van der Waals surface area contributed by atoms with Crippen LogP contribution in [0.3, 0.4) is 0 Å². The Morgan fingerprint density at radius 3 is 2.61 bits per heavy atom. The second kappa shape index (κ2) is 8.70. The number of ether oxygens (including phenoxy) is 1. The maximum Gasteiger partial charge on any atom is 0.188 e. The van der Waals surface area contributed by atoms with E-state index in [0.29, 0.717) is 19.0 Å². The Morgan fingerprint density at radius 1 is 1.35 bits per heavy atom. The zero-order valence-corrected chi connectivity index (χ0v) is 14.2. The normalized spacial score (nSPS) is 17.7. The molecule has 2 rings (SSSR count). The van der Waals surface area contributed by atoms with Crippen LogP contribution in [-0.2, 0) is 4.74 Å². The number of rotatable bonds is 6. The first kappa shape index (κ1) is 17.5. The fourth-order valence-corrected chi connectivity index (χ4v) is 2.59. The maximum absolute atomic E-state index is 5.96. The minimum absolute atomic E-state index is 0.227. The number of morpholine rings is 1. The Bertz CT molecular complexity index is 532. The molecule has 5 nitrogen and oxygen atoms in total. The summed E-state index contributed by atoms with van der Waals surface area (Å²) in [6, 6.07) is 8.89. The molecule has 23 heavy (non-hydrogen) atoms. The van der Waals surface area contributed by atoms with Gasteiger partial charge in [0, 0.05) is 19.6 Å². The Hall–Kier alpha value is -1.85. The Labute approximate surface area is 139 Å². The number of aryl methyl sites for hydroxylation is 1. The van der Waals surface area contributed by atoms with Crippen LogP contribution in [0.15, 0.2) is 41.4 Å². The second-order valence-corrected chi connectivity index (χ2v) is 6.11. The van der Waals surface area contributed by atoms with Crippen molar-refractivity contribution in [3.63, 3.8) is 0 Å². The molecule has 0 radical (unpaired) electrons. The molecule has 0 spiro atoms. The smallest absolute Gasteiger partial charge is 0.188 e. The predicted molar refractivity (Wildman–Crippen MR) is 95.6 cm³/mol. The lowest BCUT2D eigenvalue weighted by molar-refractivity contribution is 0.0180. The van der Waals surface area contributed by atoms with E-state index in [1.807, 2.05) is 6.92 Å². The zero-order chi connectivity index (χ0) is 16.7. The first-order valence-corrected chi connectivity index (χ1v) is 8.13. The zero-order valence-electron chi connectivity index (χ0n) is 14.2. The van der Waals surface area contributed by atoms with Gasteiger partial charge in [0.15, 0.2) is 5.96 Å². The summed E-state index contributed by atoms with van der Waals surface area (Å²) in [4.78, 5) is 6.95. The predicted octanol–water partition coefficient (Wildman–Crippen LogP) is 1.85. The average molecular weight is 316 g/mol. The summed E-state index contributed by atoms with van der Waals surface area (Å²) >= 11 is 0. The van der Waals surface area contributed by atoms with E-state index < -0.39 is 0 Å². The van der Waals surface area contributed by atoms with Gasteiger partial charge in [-0.2, -0.15) is 0 Å². The largest absolute Gasteiger partial charge is 0.379 e. The summed E-state index contributed by atoms with van der Waals surface area (Å²) < 4.78 is 5.47. The van der Waals surface area contributed by atoms with Crippen molar-refractivity contribution in [3.05, 3.63) is 47.5 Å². The number of hydrogen-bond donors (Lipinski definition) is 2. The van der Waals surface area contributed by atoms with Crippen molar-refractivity contribution >= 4 is 5.96 Å². The molecule has 0 saturated carbocycles. The van der Waals surface area contributed by atoms with Crippen LogP contribution < -0.4 is 11.1 Å². The van der Waals surface area contributed by atoms with Gasteiger partial charge < -0.3 is 15.8 Å². The summed E-state index contributed by atoms with van der Waals surface area (Å²) in [5, 5.41) is 3.09. The highest BCUT2D eigenvalue weighted by Gasteiger charge is 2.22. The molecule has 1 aliphatic rings. The van der Waals surface area contributed by atoms with Gasteiger partial charge in [0.1, 0.15) is 0 Å². The van der Waals surface area contributed by atoms with E-state index in [1.165, 1.54) is 11.1 Å². The standard InChI is InChI=1S/C18H28N4O/c1-14(2)12-20-18(19)21-13-17(22-8-10-23-11-9-22)16-6-4-15(3)5-7-16/h4-7,17H,1,8-13H2,2-3H3,(H3,19,20,21). The molecular formula is C18H28N4O. The van der Waals surface area contributed by atoms with Crippen LogP contribution in [0.5, 0.6) is 0 Å². The molecule has 126 valence electrons. The highest BCUT2D eigenvalue weighted by molar-refractivity contribution is 5.78. The SMILES string of the molecule is C=C(C)CNC(N)=NCC(c1ccc(C)cc1)N1CCOCC1. The Balaban J connectivity index is 2.08. The molecular weight excluding hydrogens is 288 g/mol. The van der Waals surface area contributed by atoms with Crippen molar-refractivity contribution in [3.8, 4) is 0 Å². The van der Waals surface area contributed by atoms with Crippen LogP contribution in [-0.4, -0.2) is 50.3 Å². The van der Waals surface area contributed by atoms with Crippen molar-refractivity contribution in [1.29, 1.82) is 0 Å². The van der Waals surface area contributed by atoms with Crippen LogP contribution in [0, 0.1) is 6.92 Å². The lowest BCUT2D eigenvalue weighted by Gasteiger charge is -2.34. The molecule has 1 aromatic rings. The van der Waals surface area contributed by atoms with Gasteiger partial charge in [-0.15, -0.1) is 0 Å². The third-order valence-corrected chi connectivity index (χ3v) is 3.95. The van der Waals surface area contributed by atoms with E-state index in [2.05, 4.69) is 53.0 Å². The molecule has 0 aliphatic carbocycles. The topological polar surface area (TPSA) is 62.9 Å². The number of nitrogens with zero attached hydrogens (tertiary/aromatic N) is 2. The van der Waals surface area contributed by atoms with Gasteiger partial charge in [0.2, 0.25) is 0 Å². The number of benzene rings is 1. The van der Waals surface area contributed by atoms with Gasteiger partial charge in [-0.05, 0) is 19.4 Å². The van der Waals surface area contributed by atoms with Crippen molar-refractivity contribution in [2.75, 3.05) is 39.4 Å². The fourth-order valence-electron chi connectivity index (χ4n) is 2.59. The van der Waals surface area contributed by atoms with Crippen molar-refractivity contribution in [2.45, 2.75) is 19.9 Å². The monoisotopic (exact) mass is 316 g/mol. The molecule has 1 atom stereocenters. The van der Waals surface area contributed by atoms with E-state index in [-0.39, 0.29) is 6.04 Å². The third kappa shape index (κ3) is 5.69. The maximum atomic E-state index is 5.96. The average Bonchev–Trinajstić information content (AvgIpc) is 2.55. The van der Waals surface area contributed by atoms with E-state index in [4.69, 9.17) is 10.5 Å². The van der Waals surface area contributed by atoms with Gasteiger partial charge >= 0.3 is 0 Å². The molecule has 1 aliphatic heterocycles. The van der Waals surface area contributed by atoms with Crippen LogP contribution >= 0.6 is 0 Å². The highest BCUT2D eigenvalue weighted by atomic mass is 16.5. The number of nitrogens with two attached hydrogens (primary N) is 1. The quantitative estimate of drug-likeness (QED) is 0.478. The van der Waals surface area contributed by atoms with E-state index in [9.17, 15) is 0 Å². The minimum atomic E-state index is 0.227. The molecule has 1 saturated heterocycles. The van der Waals surface area contributed by atoms with E-state index in [1.54, 1.807) is 0 Å². The number of aliphatic imine (C=N–C) groups is 1. The summed E-state index contributed by atoms with van der Waals surface area (Å²) in [6.45, 7) is 12.6. The van der Waals surface area contributed by atoms with E-state index in [0.717, 1.165) is 31.9 Å². The Kier molecular flexibility index (Phi) is 6.62. The van der Waals surface area contributed by atoms with Crippen LogP contribution in [0.25, 0.3) is 0 Å². The lowest BCUT2D eigenvalue weighted by atomic mass is 10.0. The molecule has 1 unspecified atom stereocenters. The molecule has 0 bridgehead atoms. The van der Waals surface area contributed by atoms with Crippen molar-refractivity contribution in [2.24, 2.45) is 10.7 Å². The first-order valence-electron chi connectivity index (χ1n) is 8.13. The van der Waals surface area contributed by atoms with Gasteiger partial charge in [-0.3, -0.25) is 9.89 Å². The summed E-state index contributed by atoms with van der Waals surface area (Å²) in [5.41, 5.74) is 9.53. The van der Waals surface area contributed by atoms with E-state index >= 15 is 0 Å². The fraction of sp³-hybridized carbons (Fsp3) is 0.500. The summed E-state index contributed by atoms with van der Waals surface area (Å²) in [5.74, 6) is 0.471. The third-order valence-electron chi connectivity index (χ3n) is 3.95. The lowest BCUT2D eigenvalue weighted by Crippen LogP contribution is -2.41. The summed E-state index contributed by atoms with van der Waals surface area (Å²) in [6.07, 6.45) is 0. The second-order valence-electron chi connectivity index (χ2n) is 6.11. The first-order chi connectivity index (χ1) is 11.1. The van der Waals surface area contributed by atoms with Crippen LogP contribution in [0.1, 0.15) is 24.1 Å².